The Hall–Kier alpha value is -0.910. The molecule has 1 aliphatic rings. The lowest BCUT2D eigenvalue weighted by molar-refractivity contribution is 0.0832. The lowest BCUT2D eigenvalue weighted by Crippen LogP contribution is -2.48. The fourth-order valence-electron chi connectivity index (χ4n) is 3.14. The predicted octanol–water partition coefficient (Wildman–Crippen LogP) is 2.02. The molecule has 2 atom stereocenters. The Morgan fingerprint density at radius 1 is 1.27 bits per heavy atom. The van der Waals surface area contributed by atoms with Gasteiger partial charge in [0.1, 0.15) is 9.84 Å². The highest BCUT2D eigenvalue weighted by Crippen LogP contribution is 2.22. The van der Waals surface area contributed by atoms with Crippen LogP contribution in [0.1, 0.15) is 25.3 Å². The Kier molecular flexibility index (Phi) is 6.01. The second-order valence-corrected chi connectivity index (χ2v) is 8.85. The van der Waals surface area contributed by atoms with Gasteiger partial charge in [0.25, 0.3) is 0 Å². The van der Waals surface area contributed by atoms with E-state index in [1.54, 1.807) is 0 Å². The van der Waals surface area contributed by atoms with Gasteiger partial charge in [-0.2, -0.15) is 0 Å². The van der Waals surface area contributed by atoms with E-state index in [-0.39, 0.29) is 5.75 Å². The zero-order valence-corrected chi connectivity index (χ0v) is 14.7. The van der Waals surface area contributed by atoms with Crippen molar-refractivity contribution in [3.63, 3.8) is 0 Å². The van der Waals surface area contributed by atoms with Crippen LogP contribution in [0.5, 0.6) is 0 Å². The summed E-state index contributed by atoms with van der Waals surface area (Å²) in [6.07, 6.45) is 3.52. The molecule has 0 amide bonds. The third kappa shape index (κ3) is 5.38. The first-order valence-electron chi connectivity index (χ1n) is 8.01. The van der Waals surface area contributed by atoms with E-state index in [1.165, 1.54) is 11.8 Å². The molecule has 0 unspecified atom stereocenters. The summed E-state index contributed by atoms with van der Waals surface area (Å²) in [7, 11) is -0.824. The molecule has 1 aromatic rings. The molecule has 1 heterocycles. The van der Waals surface area contributed by atoms with Gasteiger partial charge in [0.15, 0.2) is 0 Å². The van der Waals surface area contributed by atoms with E-state index in [1.807, 2.05) is 0 Å². The van der Waals surface area contributed by atoms with Crippen LogP contribution in [0.4, 0.5) is 0 Å². The lowest BCUT2D eigenvalue weighted by atomic mass is 9.96. The molecule has 124 valence electrons. The highest BCUT2D eigenvalue weighted by Gasteiger charge is 2.27. The zero-order valence-electron chi connectivity index (χ0n) is 13.9. The summed E-state index contributed by atoms with van der Waals surface area (Å²) in [6, 6.07) is 11.6. The first-order chi connectivity index (χ1) is 10.3. The van der Waals surface area contributed by atoms with Crippen LogP contribution in [-0.2, 0) is 16.4 Å². The molecule has 2 rings (SSSR count). The molecule has 22 heavy (non-hydrogen) atoms. The highest BCUT2D eigenvalue weighted by molar-refractivity contribution is 7.90. The minimum atomic E-state index is -2.87. The lowest BCUT2D eigenvalue weighted by Gasteiger charge is -2.41. The average Bonchev–Trinajstić information content (AvgIpc) is 2.47. The SMILES string of the molecule is C[C@@H]1C[C@@H](N(C)CCS(C)(=O)=O)CCN1Cc1ccccc1. The van der Waals surface area contributed by atoms with E-state index in [2.05, 4.69) is 54.1 Å². The highest BCUT2D eigenvalue weighted by atomic mass is 32.2. The van der Waals surface area contributed by atoms with Gasteiger partial charge < -0.3 is 4.90 Å². The molecule has 0 bridgehead atoms. The maximum absolute atomic E-state index is 11.3. The largest absolute Gasteiger partial charge is 0.302 e. The number of rotatable bonds is 6. The second-order valence-electron chi connectivity index (χ2n) is 6.59. The summed E-state index contributed by atoms with van der Waals surface area (Å²) in [5, 5.41) is 0. The van der Waals surface area contributed by atoms with Crippen LogP contribution in [0.3, 0.4) is 0 Å². The average molecular weight is 324 g/mol. The first kappa shape index (κ1) is 17.4. The van der Waals surface area contributed by atoms with Gasteiger partial charge in [-0.25, -0.2) is 8.42 Å². The smallest absolute Gasteiger partial charge is 0.148 e. The quantitative estimate of drug-likeness (QED) is 0.803. The maximum atomic E-state index is 11.3. The molecule has 0 spiro atoms. The molecular weight excluding hydrogens is 296 g/mol. The van der Waals surface area contributed by atoms with Crippen LogP contribution in [0.25, 0.3) is 0 Å². The van der Waals surface area contributed by atoms with Crippen LogP contribution in [0.15, 0.2) is 30.3 Å². The van der Waals surface area contributed by atoms with Crippen molar-refractivity contribution < 1.29 is 8.42 Å². The Balaban J connectivity index is 1.84. The van der Waals surface area contributed by atoms with Crippen molar-refractivity contribution in [2.24, 2.45) is 0 Å². The summed E-state index contributed by atoms with van der Waals surface area (Å²) in [6.45, 7) is 4.99. The fraction of sp³-hybridized carbons (Fsp3) is 0.647. The van der Waals surface area contributed by atoms with E-state index < -0.39 is 9.84 Å². The van der Waals surface area contributed by atoms with Crippen molar-refractivity contribution in [2.45, 2.75) is 38.4 Å². The normalized spacial score (nSPS) is 23.8. The van der Waals surface area contributed by atoms with Gasteiger partial charge in [0.2, 0.25) is 0 Å². The Morgan fingerprint density at radius 2 is 1.95 bits per heavy atom. The first-order valence-corrected chi connectivity index (χ1v) is 10.1. The standard InChI is InChI=1S/C17H28N2O2S/c1-15-13-17(18(2)11-12-22(3,20)21)9-10-19(15)14-16-7-5-4-6-8-16/h4-8,15,17H,9-14H2,1-3H3/t15-,17+/m1/s1. The summed E-state index contributed by atoms with van der Waals surface area (Å²) in [4.78, 5) is 4.74. The molecular formula is C17H28N2O2S. The van der Waals surface area contributed by atoms with E-state index >= 15 is 0 Å². The van der Waals surface area contributed by atoms with Gasteiger partial charge in [-0.15, -0.1) is 0 Å². The van der Waals surface area contributed by atoms with E-state index in [4.69, 9.17) is 0 Å². The van der Waals surface area contributed by atoms with Crippen LogP contribution in [0.2, 0.25) is 0 Å². The van der Waals surface area contributed by atoms with Crippen LogP contribution >= 0.6 is 0 Å². The van der Waals surface area contributed by atoms with Gasteiger partial charge >= 0.3 is 0 Å². The van der Waals surface area contributed by atoms with Crippen molar-refractivity contribution in [3.05, 3.63) is 35.9 Å². The predicted molar refractivity (Wildman–Crippen MR) is 91.7 cm³/mol. The summed E-state index contributed by atoms with van der Waals surface area (Å²) >= 11 is 0. The summed E-state index contributed by atoms with van der Waals surface area (Å²) < 4.78 is 22.6. The number of likely N-dealkylation sites (tertiary alicyclic amines) is 1. The van der Waals surface area contributed by atoms with Crippen LogP contribution in [-0.4, -0.2) is 62.4 Å². The molecule has 4 nitrogen and oxygen atoms in total. The van der Waals surface area contributed by atoms with Crippen molar-refractivity contribution in [1.82, 2.24) is 9.80 Å². The van der Waals surface area contributed by atoms with Gasteiger partial charge in [0, 0.05) is 38.0 Å². The number of sulfone groups is 1. The minimum Gasteiger partial charge on any atom is -0.302 e. The van der Waals surface area contributed by atoms with Gasteiger partial charge in [-0.05, 0) is 32.4 Å². The van der Waals surface area contributed by atoms with E-state index in [9.17, 15) is 8.42 Å². The van der Waals surface area contributed by atoms with E-state index in [0.717, 1.165) is 25.9 Å². The molecule has 0 aromatic heterocycles. The second kappa shape index (κ2) is 7.57. The van der Waals surface area contributed by atoms with Crippen molar-refractivity contribution in [1.29, 1.82) is 0 Å². The Labute approximate surface area is 135 Å². The summed E-state index contributed by atoms with van der Waals surface area (Å²) in [5.41, 5.74) is 1.36. The van der Waals surface area contributed by atoms with Crippen molar-refractivity contribution in [3.8, 4) is 0 Å². The molecule has 0 radical (unpaired) electrons. The summed E-state index contributed by atoms with van der Waals surface area (Å²) in [5.74, 6) is 0.252. The van der Waals surface area contributed by atoms with Crippen LogP contribution in [0, 0.1) is 0 Å². The number of hydrogen-bond donors (Lipinski definition) is 0. The fourth-order valence-corrected chi connectivity index (χ4v) is 3.76. The molecule has 1 fully saturated rings. The Bertz CT molecular complexity index is 559. The molecule has 1 aromatic carbocycles. The number of nitrogens with zero attached hydrogens (tertiary/aromatic N) is 2. The number of benzene rings is 1. The van der Waals surface area contributed by atoms with Gasteiger partial charge in [0.05, 0.1) is 5.75 Å². The number of hydrogen-bond acceptors (Lipinski definition) is 4. The molecule has 0 saturated carbocycles. The third-order valence-electron chi connectivity index (χ3n) is 4.65. The minimum absolute atomic E-state index is 0.252. The van der Waals surface area contributed by atoms with Gasteiger partial charge in [-0.1, -0.05) is 30.3 Å². The third-order valence-corrected chi connectivity index (χ3v) is 5.58. The molecule has 1 aliphatic heterocycles. The Morgan fingerprint density at radius 3 is 2.55 bits per heavy atom. The zero-order chi connectivity index (χ0) is 16.2. The van der Waals surface area contributed by atoms with Gasteiger partial charge in [-0.3, -0.25) is 4.90 Å². The molecule has 0 aliphatic carbocycles. The van der Waals surface area contributed by atoms with Crippen LogP contribution < -0.4 is 0 Å². The van der Waals surface area contributed by atoms with Crippen molar-refractivity contribution >= 4 is 9.84 Å². The topological polar surface area (TPSA) is 40.6 Å². The maximum Gasteiger partial charge on any atom is 0.148 e. The number of piperidine rings is 1. The monoisotopic (exact) mass is 324 g/mol. The van der Waals surface area contributed by atoms with Crippen molar-refractivity contribution in [2.75, 3.05) is 32.1 Å². The molecule has 0 N–H and O–H groups in total. The molecule has 5 heteroatoms. The van der Waals surface area contributed by atoms with E-state index in [0.29, 0.717) is 18.6 Å². The molecule has 1 saturated heterocycles.